The summed E-state index contributed by atoms with van der Waals surface area (Å²) >= 11 is 0. The molecule has 3 atom stereocenters. The predicted octanol–water partition coefficient (Wildman–Crippen LogP) is 0.576. The second-order valence-electron chi connectivity index (χ2n) is 7.78. The van der Waals surface area contributed by atoms with Crippen LogP contribution in [-0.2, 0) is 19.1 Å². The number of amides is 3. The van der Waals surface area contributed by atoms with E-state index in [9.17, 15) is 24.3 Å². The minimum absolute atomic E-state index is 0.144. The quantitative estimate of drug-likeness (QED) is 0.735. The van der Waals surface area contributed by atoms with Crippen LogP contribution in [0, 0.1) is 0 Å². The first-order chi connectivity index (χ1) is 12.0. The molecule has 2 N–H and O–H groups in total. The van der Waals surface area contributed by atoms with Crippen molar-refractivity contribution in [3.05, 3.63) is 0 Å². The molecule has 0 bridgehead atoms. The highest BCUT2D eigenvalue weighted by atomic mass is 16.6. The number of nitrogens with one attached hydrogen (secondary N) is 1. The van der Waals surface area contributed by atoms with Crippen molar-refractivity contribution in [3.63, 3.8) is 0 Å². The normalized spacial score (nSPS) is 26.6. The highest BCUT2D eigenvalue weighted by Gasteiger charge is 2.45. The molecule has 0 unspecified atom stereocenters. The van der Waals surface area contributed by atoms with Crippen molar-refractivity contribution in [1.82, 2.24) is 15.1 Å². The van der Waals surface area contributed by atoms with Crippen molar-refractivity contribution in [1.29, 1.82) is 0 Å². The molecule has 0 saturated carbocycles. The van der Waals surface area contributed by atoms with Gasteiger partial charge < -0.3 is 25.0 Å². The molecule has 2 rings (SSSR count). The van der Waals surface area contributed by atoms with E-state index in [-0.39, 0.29) is 18.4 Å². The van der Waals surface area contributed by atoms with Crippen LogP contribution in [0.5, 0.6) is 0 Å². The maximum Gasteiger partial charge on any atom is 0.408 e. The third-order valence-electron chi connectivity index (χ3n) is 4.60. The first kappa shape index (κ1) is 20.0. The fourth-order valence-electron chi connectivity index (χ4n) is 3.44. The molecule has 0 aromatic heterocycles. The number of fused-ring (bicyclic) bond motifs is 1. The SMILES string of the molecule is CC(=O)N1CC[C@H](NC(=O)OC(C)(C)C)C(=O)N2[C@H](CC[C@H]2C(=O)O)C1. The second-order valence-corrected chi connectivity index (χ2v) is 7.78. The molecule has 0 aliphatic carbocycles. The largest absolute Gasteiger partial charge is 0.480 e. The molecule has 9 nitrogen and oxygen atoms in total. The maximum absolute atomic E-state index is 13.0. The second kappa shape index (κ2) is 7.51. The van der Waals surface area contributed by atoms with Crippen LogP contribution in [0.2, 0.25) is 0 Å². The van der Waals surface area contributed by atoms with Gasteiger partial charge in [0.1, 0.15) is 17.7 Å². The molecular weight excluding hydrogens is 342 g/mol. The first-order valence-corrected chi connectivity index (χ1v) is 8.79. The summed E-state index contributed by atoms with van der Waals surface area (Å²) in [5, 5.41) is 12.0. The highest BCUT2D eigenvalue weighted by Crippen LogP contribution is 2.28. The van der Waals surface area contributed by atoms with Gasteiger partial charge in [0.15, 0.2) is 0 Å². The van der Waals surface area contributed by atoms with Crippen molar-refractivity contribution >= 4 is 23.9 Å². The minimum atomic E-state index is -1.08. The number of carbonyl (C=O) groups excluding carboxylic acids is 3. The van der Waals surface area contributed by atoms with E-state index in [0.29, 0.717) is 25.9 Å². The van der Waals surface area contributed by atoms with Gasteiger partial charge in [-0.2, -0.15) is 0 Å². The van der Waals surface area contributed by atoms with Crippen LogP contribution in [0.3, 0.4) is 0 Å². The zero-order chi connectivity index (χ0) is 19.6. The molecule has 2 aliphatic heterocycles. The lowest BCUT2D eigenvalue weighted by Gasteiger charge is -2.38. The van der Waals surface area contributed by atoms with Crippen LogP contribution < -0.4 is 5.32 Å². The van der Waals surface area contributed by atoms with Crippen LogP contribution >= 0.6 is 0 Å². The number of carboxylic acids is 1. The molecule has 0 aromatic rings. The average molecular weight is 369 g/mol. The number of nitrogens with zero attached hydrogens (tertiary/aromatic N) is 2. The zero-order valence-corrected chi connectivity index (χ0v) is 15.7. The van der Waals surface area contributed by atoms with Gasteiger partial charge in [0, 0.05) is 20.0 Å². The van der Waals surface area contributed by atoms with Gasteiger partial charge in [-0.1, -0.05) is 0 Å². The molecule has 146 valence electrons. The standard InChI is InChI=1S/C17H27N3O6/c1-10(21)19-8-7-12(18-16(25)26-17(2,3)4)14(22)20-11(9-19)5-6-13(20)15(23)24/h11-13H,5-9H2,1-4H3,(H,18,25)(H,23,24)/t11-,12+,13+/m1/s1. The van der Waals surface area contributed by atoms with E-state index in [1.807, 2.05) is 0 Å². The lowest BCUT2D eigenvalue weighted by Crippen LogP contribution is -2.59. The van der Waals surface area contributed by atoms with Crippen LogP contribution in [0.15, 0.2) is 0 Å². The average Bonchev–Trinajstić information content (AvgIpc) is 2.89. The van der Waals surface area contributed by atoms with Gasteiger partial charge in [-0.25, -0.2) is 9.59 Å². The monoisotopic (exact) mass is 369 g/mol. The van der Waals surface area contributed by atoms with Crippen molar-refractivity contribution in [2.24, 2.45) is 0 Å². The molecule has 2 saturated heterocycles. The summed E-state index contributed by atoms with van der Waals surface area (Å²) < 4.78 is 5.20. The van der Waals surface area contributed by atoms with Crippen molar-refractivity contribution in [3.8, 4) is 0 Å². The Labute approximate surface area is 152 Å². The van der Waals surface area contributed by atoms with Crippen LogP contribution in [0.1, 0.15) is 47.0 Å². The summed E-state index contributed by atoms with van der Waals surface area (Å²) in [7, 11) is 0. The summed E-state index contributed by atoms with van der Waals surface area (Å²) in [6.07, 6.45) is 0.295. The maximum atomic E-state index is 13.0. The Morgan fingerprint density at radius 1 is 1.19 bits per heavy atom. The Morgan fingerprint density at radius 2 is 1.85 bits per heavy atom. The number of aliphatic carboxylic acids is 1. The van der Waals surface area contributed by atoms with Gasteiger partial charge in [-0.05, 0) is 40.0 Å². The fraction of sp³-hybridized carbons (Fsp3) is 0.765. The Balaban J connectivity index is 2.24. The minimum Gasteiger partial charge on any atom is -0.480 e. The molecular formula is C17H27N3O6. The van der Waals surface area contributed by atoms with E-state index < -0.39 is 35.7 Å². The van der Waals surface area contributed by atoms with Crippen molar-refractivity contribution in [2.75, 3.05) is 13.1 Å². The lowest BCUT2D eigenvalue weighted by molar-refractivity contribution is -0.152. The van der Waals surface area contributed by atoms with Crippen molar-refractivity contribution in [2.45, 2.75) is 70.7 Å². The smallest absolute Gasteiger partial charge is 0.408 e. The summed E-state index contributed by atoms with van der Waals surface area (Å²) in [6.45, 7) is 7.18. The third kappa shape index (κ3) is 4.64. The predicted molar refractivity (Wildman–Crippen MR) is 91.3 cm³/mol. The van der Waals surface area contributed by atoms with E-state index in [2.05, 4.69) is 5.32 Å². The van der Waals surface area contributed by atoms with Gasteiger partial charge in [0.25, 0.3) is 0 Å². The molecule has 0 spiro atoms. The molecule has 2 fully saturated rings. The molecule has 2 aliphatic rings. The molecule has 2 heterocycles. The van der Waals surface area contributed by atoms with Gasteiger partial charge in [-0.3, -0.25) is 9.59 Å². The number of ether oxygens (including phenoxy) is 1. The van der Waals surface area contributed by atoms with Crippen LogP contribution in [0.4, 0.5) is 4.79 Å². The summed E-state index contributed by atoms with van der Waals surface area (Å²) in [4.78, 5) is 51.4. The summed E-state index contributed by atoms with van der Waals surface area (Å²) in [6, 6.07) is -2.24. The fourth-order valence-corrected chi connectivity index (χ4v) is 3.44. The van der Waals surface area contributed by atoms with E-state index >= 15 is 0 Å². The summed E-state index contributed by atoms with van der Waals surface area (Å²) in [5.41, 5.74) is -0.722. The Kier molecular flexibility index (Phi) is 5.77. The first-order valence-electron chi connectivity index (χ1n) is 8.79. The molecule has 26 heavy (non-hydrogen) atoms. The molecule has 0 radical (unpaired) electrons. The van der Waals surface area contributed by atoms with E-state index in [0.717, 1.165) is 0 Å². The van der Waals surface area contributed by atoms with Gasteiger partial charge >= 0.3 is 12.1 Å². The number of alkyl carbamates (subject to hydrolysis) is 1. The van der Waals surface area contributed by atoms with Gasteiger partial charge in [0.05, 0.1) is 6.04 Å². The number of hydrogen-bond acceptors (Lipinski definition) is 5. The summed E-state index contributed by atoms with van der Waals surface area (Å²) in [5.74, 6) is -1.66. The van der Waals surface area contributed by atoms with E-state index in [4.69, 9.17) is 4.74 Å². The van der Waals surface area contributed by atoms with Crippen LogP contribution in [0.25, 0.3) is 0 Å². The topological polar surface area (TPSA) is 116 Å². The van der Waals surface area contributed by atoms with E-state index in [1.165, 1.54) is 11.8 Å². The number of carboxylic acid groups (broad SMARTS) is 1. The zero-order valence-electron chi connectivity index (χ0n) is 15.7. The Morgan fingerprint density at radius 3 is 2.38 bits per heavy atom. The van der Waals surface area contributed by atoms with Crippen molar-refractivity contribution < 1.29 is 29.0 Å². The number of carbonyl (C=O) groups is 4. The van der Waals surface area contributed by atoms with Crippen LogP contribution in [-0.4, -0.2) is 75.6 Å². The Bertz CT molecular complexity index is 600. The Hall–Kier alpha value is -2.32. The van der Waals surface area contributed by atoms with Gasteiger partial charge in [0.2, 0.25) is 11.8 Å². The van der Waals surface area contributed by atoms with E-state index in [1.54, 1.807) is 25.7 Å². The molecule has 0 aromatic carbocycles. The molecule has 9 heteroatoms. The third-order valence-corrected chi connectivity index (χ3v) is 4.60. The van der Waals surface area contributed by atoms with Gasteiger partial charge in [-0.15, -0.1) is 0 Å². The number of hydrogen-bond donors (Lipinski definition) is 2. The highest BCUT2D eigenvalue weighted by molar-refractivity contribution is 5.90. The molecule has 3 amide bonds. The number of rotatable bonds is 2. The lowest BCUT2D eigenvalue weighted by atomic mass is 10.1.